The molecule has 1 aliphatic heterocycles. The van der Waals surface area contributed by atoms with Crippen molar-refractivity contribution in [3.8, 4) is 0 Å². The van der Waals surface area contributed by atoms with Crippen molar-refractivity contribution in [2.24, 2.45) is 0 Å². The number of H-pyrrole nitrogens is 1. The molecule has 1 spiro atoms. The maximum absolute atomic E-state index is 14.1. The van der Waals surface area contributed by atoms with E-state index >= 15 is 0 Å². The van der Waals surface area contributed by atoms with Gasteiger partial charge in [0.1, 0.15) is 23.6 Å². The van der Waals surface area contributed by atoms with E-state index in [9.17, 15) is 4.39 Å². The molecular formula is C20H22FN5. The van der Waals surface area contributed by atoms with Gasteiger partial charge in [0.25, 0.3) is 0 Å². The average Bonchev–Trinajstić information content (AvgIpc) is 3.32. The lowest BCUT2D eigenvalue weighted by molar-refractivity contribution is 0.181. The van der Waals surface area contributed by atoms with Gasteiger partial charge < -0.3 is 9.88 Å². The summed E-state index contributed by atoms with van der Waals surface area (Å²) in [6, 6.07) is 9.19. The lowest BCUT2D eigenvalue weighted by Crippen LogP contribution is -2.43. The van der Waals surface area contributed by atoms with Crippen LogP contribution in [-0.4, -0.2) is 45.0 Å². The molecule has 3 aromatic rings. The van der Waals surface area contributed by atoms with Crippen LogP contribution in [-0.2, 0) is 6.54 Å². The third-order valence-electron chi connectivity index (χ3n) is 5.79. The molecule has 0 atom stereocenters. The van der Waals surface area contributed by atoms with Gasteiger partial charge in [-0.2, -0.15) is 0 Å². The summed E-state index contributed by atoms with van der Waals surface area (Å²) in [7, 11) is 0. The minimum atomic E-state index is -0.103. The highest BCUT2D eigenvalue weighted by atomic mass is 19.1. The van der Waals surface area contributed by atoms with Crippen molar-refractivity contribution in [2.45, 2.75) is 31.3 Å². The molecule has 134 valence electrons. The summed E-state index contributed by atoms with van der Waals surface area (Å²) < 4.78 is 14.1. The van der Waals surface area contributed by atoms with Crippen LogP contribution < -0.4 is 4.90 Å². The van der Waals surface area contributed by atoms with Crippen molar-refractivity contribution in [3.05, 3.63) is 54.2 Å². The molecule has 0 radical (unpaired) electrons. The summed E-state index contributed by atoms with van der Waals surface area (Å²) >= 11 is 0. The number of hydrogen-bond donors (Lipinski definition) is 1. The Morgan fingerprint density at radius 3 is 2.85 bits per heavy atom. The van der Waals surface area contributed by atoms with E-state index in [0.717, 1.165) is 48.5 Å². The lowest BCUT2D eigenvalue weighted by Gasteiger charge is -2.32. The first kappa shape index (κ1) is 15.8. The van der Waals surface area contributed by atoms with Gasteiger partial charge in [0.15, 0.2) is 0 Å². The predicted molar refractivity (Wildman–Crippen MR) is 99.5 cm³/mol. The second-order valence-corrected chi connectivity index (χ2v) is 7.45. The van der Waals surface area contributed by atoms with E-state index in [1.165, 1.54) is 12.8 Å². The molecule has 1 N–H and O–H groups in total. The molecule has 5 rings (SSSR count). The highest BCUT2D eigenvalue weighted by Crippen LogP contribution is 2.45. The molecular weight excluding hydrogens is 329 g/mol. The molecule has 1 aliphatic carbocycles. The van der Waals surface area contributed by atoms with Gasteiger partial charge >= 0.3 is 0 Å². The molecule has 2 fully saturated rings. The standard InChI is InChI=1S/C20H22FN5/c21-17-5-2-1-4-15(17)12-26-11-3-10-25(13-20(26)7-8-20)19-16-6-9-22-18(16)23-14-24-19/h1-2,4-6,9,14H,3,7-8,10-13H2,(H,22,23,24). The van der Waals surface area contributed by atoms with Crippen molar-refractivity contribution >= 4 is 16.9 Å². The smallest absolute Gasteiger partial charge is 0.142 e. The second kappa shape index (κ2) is 6.06. The van der Waals surface area contributed by atoms with E-state index in [1.807, 2.05) is 24.4 Å². The van der Waals surface area contributed by atoms with Crippen molar-refractivity contribution in [1.29, 1.82) is 0 Å². The van der Waals surface area contributed by atoms with Gasteiger partial charge in [0.05, 0.1) is 5.39 Å². The van der Waals surface area contributed by atoms with Gasteiger partial charge in [-0.15, -0.1) is 0 Å². The molecule has 0 bridgehead atoms. The SMILES string of the molecule is Fc1ccccc1CN1CCCN(c2ncnc3[nH]ccc23)CC12CC2. The lowest BCUT2D eigenvalue weighted by atomic mass is 10.1. The molecule has 0 unspecified atom stereocenters. The number of fused-ring (bicyclic) bond motifs is 1. The van der Waals surface area contributed by atoms with Gasteiger partial charge in [-0.3, -0.25) is 4.90 Å². The molecule has 1 aromatic carbocycles. The number of nitrogens with one attached hydrogen (secondary N) is 1. The van der Waals surface area contributed by atoms with Crippen LogP contribution in [0.4, 0.5) is 10.2 Å². The Hall–Kier alpha value is -2.47. The fourth-order valence-corrected chi connectivity index (χ4v) is 4.21. The quantitative estimate of drug-likeness (QED) is 0.786. The van der Waals surface area contributed by atoms with Crippen LogP contribution in [0.2, 0.25) is 0 Å². The summed E-state index contributed by atoms with van der Waals surface area (Å²) in [6.45, 7) is 3.58. The molecule has 5 nitrogen and oxygen atoms in total. The largest absolute Gasteiger partial charge is 0.354 e. The number of anilines is 1. The van der Waals surface area contributed by atoms with Crippen LogP contribution in [0.1, 0.15) is 24.8 Å². The molecule has 2 aliphatic rings. The zero-order chi connectivity index (χ0) is 17.6. The number of rotatable bonds is 3. The molecule has 1 saturated carbocycles. The maximum atomic E-state index is 14.1. The third-order valence-corrected chi connectivity index (χ3v) is 5.79. The molecule has 2 aromatic heterocycles. The average molecular weight is 351 g/mol. The minimum Gasteiger partial charge on any atom is -0.354 e. The Morgan fingerprint density at radius 1 is 1.12 bits per heavy atom. The first-order valence-corrected chi connectivity index (χ1v) is 9.27. The molecule has 26 heavy (non-hydrogen) atoms. The fourth-order valence-electron chi connectivity index (χ4n) is 4.21. The number of hydrogen-bond acceptors (Lipinski definition) is 4. The van der Waals surface area contributed by atoms with Crippen molar-refractivity contribution in [2.75, 3.05) is 24.5 Å². The van der Waals surface area contributed by atoms with E-state index in [-0.39, 0.29) is 11.4 Å². The summed E-state index contributed by atoms with van der Waals surface area (Å²) in [5, 5.41) is 1.07. The number of benzene rings is 1. The monoisotopic (exact) mass is 351 g/mol. The van der Waals surface area contributed by atoms with Crippen LogP contribution in [0.5, 0.6) is 0 Å². The normalized spacial score (nSPS) is 19.8. The first-order chi connectivity index (χ1) is 12.8. The Balaban J connectivity index is 1.42. The summed E-state index contributed by atoms with van der Waals surface area (Å²) in [5.74, 6) is 0.907. The Kier molecular flexibility index (Phi) is 3.67. The molecule has 1 saturated heterocycles. The second-order valence-electron chi connectivity index (χ2n) is 7.45. The third kappa shape index (κ3) is 2.65. The number of nitrogens with zero attached hydrogens (tertiary/aromatic N) is 4. The van der Waals surface area contributed by atoms with Gasteiger partial charge in [-0.05, 0) is 31.4 Å². The van der Waals surface area contributed by atoms with E-state index in [4.69, 9.17) is 0 Å². The summed E-state index contributed by atoms with van der Waals surface area (Å²) in [5.41, 5.74) is 1.82. The molecule has 0 amide bonds. The maximum Gasteiger partial charge on any atom is 0.142 e. The van der Waals surface area contributed by atoms with Crippen LogP contribution in [0, 0.1) is 5.82 Å². The highest BCUT2D eigenvalue weighted by Gasteiger charge is 2.50. The number of aromatic amines is 1. The predicted octanol–water partition coefficient (Wildman–Crippen LogP) is 3.34. The van der Waals surface area contributed by atoms with Crippen LogP contribution in [0.15, 0.2) is 42.9 Å². The molecule has 6 heteroatoms. The first-order valence-electron chi connectivity index (χ1n) is 9.27. The minimum absolute atomic E-state index is 0.103. The zero-order valence-electron chi connectivity index (χ0n) is 14.7. The van der Waals surface area contributed by atoms with Gasteiger partial charge in [-0.1, -0.05) is 18.2 Å². The van der Waals surface area contributed by atoms with E-state index in [2.05, 4.69) is 24.8 Å². The Morgan fingerprint density at radius 2 is 2.00 bits per heavy atom. The van der Waals surface area contributed by atoms with Crippen LogP contribution >= 0.6 is 0 Å². The molecule has 3 heterocycles. The van der Waals surface area contributed by atoms with Crippen molar-refractivity contribution in [1.82, 2.24) is 19.9 Å². The van der Waals surface area contributed by atoms with Crippen molar-refractivity contribution < 1.29 is 4.39 Å². The van der Waals surface area contributed by atoms with Gasteiger partial charge in [0, 0.05) is 43.5 Å². The van der Waals surface area contributed by atoms with Crippen LogP contribution in [0.25, 0.3) is 11.0 Å². The fraction of sp³-hybridized carbons (Fsp3) is 0.400. The number of aromatic nitrogens is 3. The van der Waals surface area contributed by atoms with E-state index in [0.29, 0.717) is 6.54 Å². The summed E-state index contributed by atoms with van der Waals surface area (Å²) in [6.07, 6.45) is 6.93. The number of halogens is 1. The van der Waals surface area contributed by atoms with Gasteiger partial charge in [0.2, 0.25) is 0 Å². The van der Waals surface area contributed by atoms with Gasteiger partial charge in [-0.25, -0.2) is 14.4 Å². The van der Waals surface area contributed by atoms with E-state index < -0.39 is 0 Å². The van der Waals surface area contributed by atoms with Crippen molar-refractivity contribution in [3.63, 3.8) is 0 Å². The Bertz CT molecular complexity index is 933. The van der Waals surface area contributed by atoms with E-state index in [1.54, 1.807) is 18.5 Å². The highest BCUT2D eigenvalue weighted by molar-refractivity contribution is 5.87. The zero-order valence-corrected chi connectivity index (χ0v) is 14.7. The summed E-state index contributed by atoms with van der Waals surface area (Å²) in [4.78, 5) is 16.9. The topological polar surface area (TPSA) is 48.1 Å². The Labute approximate surface area is 151 Å². The van der Waals surface area contributed by atoms with Crippen LogP contribution in [0.3, 0.4) is 0 Å².